The van der Waals surface area contributed by atoms with E-state index in [1.54, 1.807) is 53.9 Å². The zero-order valence-electron chi connectivity index (χ0n) is 16.2. The molecule has 0 bridgehead atoms. The normalized spacial score (nSPS) is 19.9. The topological polar surface area (TPSA) is 81.0 Å². The summed E-state index contributed by atoms with van der Waals surface area (Å²) in [6.45, 7) is 10.6. The van der Waals surface area contributed by atoms with Gasteiger partial charge in [-0.1, -0.05) is 12.2 Å². The molecule has 7 nitrogen and oxygen atoms in total. The van der Waals surface area contributed by atoms with Gasteiger partial charge in [0.1, 0.15) is 17.0 Å². The molecule has 2 rings (SSSR count). The van der Waals surface area contributed by atoms with Crippen LogP contribution in [0.5, 0.6) is 0 Å². The summed E-state index contributed by atoms with van der Waals surface area (Å²) in [4.78, 5) is 25.0. The predicted octanol–water partition coefficient (Wildman–Crippen LogP) is 4.37. The number of hydrazine groups is 1. The van der Waals surface area contributed by atoms with Crippen LogP contribution in [0.1, 0.15) is 59.6 Å². The van der Waals surface area contributed by atoms with Crippen LogP contribution in [-0.4, -0.2) is 34.4 Å². The Kier molecular flexibility index (Phi) is 5.68. The number of amides is 2. The van der Waals surface area contributed by atoms with Crippen molar-refractivity contribution in [2.24, 2.45) is 0 Å². The second kappa shape index (κ2) is 7.43. The van der Waals surface area contributed by atoms with E-state index < -0.39 is 23.4 Å². The van der Waals surface area contributed by atoms with Crippen LogP contribution in [0.25, 0.3) is 0 Å². The Hall–Kier alpha value is -2.44. The Morgan fingerprint density at radius 2 is 1.81 bits per heavy atom. The maximum Gasteiger partial charge on any atom is 0.429 e. The molecule has 7 heteroatoms. The summed E-state index contributed by atoms with van der Waals surface area (Å²) in [5.74, 6) is 0.524. The van der Waals surface area contributed by atoms with E-state index >= 15 is 0 Å². The van der Waals surface area contributed by atoms with E-state index in [1.165, 1.54) is 5.01 Å². The standard InChI is InChI=1S/C19H28N2O5/c1-18(2,3)25-16(22)20-21(17(23)26-19(4,5)6)14-10-7-9-13(14)15-11-8-12-24-15/h7-9,11-14H,10H2,1-6H3,(H,20,22)/t13-,14-/m0/s1. The van der Waals surface area contributed by atoms with E-state index in [9.17, 15) is 9.59 Å². The average Bonchev–Trinajstić information content (AvgIpc) is 3.11. The van der Waals surface area contributed by atoms with Crippen molar-refractivity contribution in [2.75, 3.05) is 0 Å². The lowest BCUT2D eigenvalue weighted by Crippen LogP contribution is -2.55. The zero-order chi connectivity index (χ0) is 19.5. The third-order valence-corrected chi connectivity index (χ3v) is 3.54. The van der Waals surface area contributed by atoms with E-state index in [0.717, 1.165) is 0 Å². The van der Waals surface area contributed by atoms with Crippen LogP contribution in [0.2, 0.25) is 0 Å². The van der Waals surface area contributed by atoms with E-state index in [4.69, 9.17) is 13.9 Å². The number of nitrogens with zero attached hydrogens (tertiary/aromatic N) is 1. The second-order valence-corrected chi connectivity index (χ2v) is 8.24. The quantitative estimate of drug-likeness (QED) is 0.622. The number of carbonyl (C=O) groups is 2. The summed E-state index contributed by atoms with van der Waals surface area (Å²) in [6, 6.07) is 3.26. The van der Waals surface area contributed by atoms with Gasteiger partial charge in [-0.15, -0.1) is 0 Å². The van der Waals surface area contributed by atoms with Crippen LogP contribution in [0, 0.1) is 0 Å². The number of furan rings is 1. The van der Waals surface area contributed by atoms with Gasteiger partial charge in [-0.3, -0.25) is 0 Å². The smallest absolute Gasteiger partial charge is 0.429 e. The SMILES string of the molecule is CC(C)(C)OC(=O)NN(C(=O)OC(C)(C)C)[C@H]1CC=C[C@@H]1c1ccco1. The monoisotopic (exact) mass is 364 g/mol. The van der Waals surface area contributed by atoms with Crippen LogP contribution < -0.4 is 5.43 Å². The number of carbonyl (C=O) groups excluding carboxylic acids is 2. The third-order valence-electron chi connectivity index (χ3n) is 3.54. The summed E-state index contributed by atoms with van der Waals surface area (Å²) in [5.41, 5.74) is 1.17. The van der Waals surface area contributed by atoms with Crippen molar-refractivity contribution in [1.29, 1.82) is 0 Å². The largest absolute Gasteiger partial charge is 0.469 e. The highest BCUT2D eigenvalue weighted by atomic mass is 16.6. The fraction of sp³-hybridized carbons (Fsp3) is 0.579. The number of hydrogen-bond donors (Lipinski definition) is 1. The fourth-order valence-electron chi connectivity index (χ4n) is 2.65. The molecule has 1 heterocycles. The highest BCUT2D eigenvalue weighted by Gasteiger charge is 2.38. The van der Waals surface area contributed by atoms with E-state index in [1.807, 2.05) is 18.2 Å². The summed E-state index contributed by atoms with van der Waals surface area (Å²) in [6.07, 6.45) is 4.68. The Labute approximate surface area is 154 Å². The predicted molar refractivity (Wildman–Crippen MR) is 96.4 cm³/mol. The van der Waals surface area contributed by atoms with E-state index in [2.05, 4.69) is 5.43 Å². The lowest BCUT2D eigenvalue weighted by molar-refractivity contribution is -0.0105. The molecule has 0 saturated carbocycles. The average molecular weight is 364 g/mol. The van der Waals surface area contributed by atoms with Gasteiger partial charge in [-0.05, 0) is 60.1 Å². The summed E-state index contributed by atoms with van der Waals surface area (Å²) < 4.78 is 16.2. The Balaban J connectivity index is 2.22. The lowest BCUT2D eigenvalue weighted by Gasteiger charge is -2.34. The van der Waals surface area contributed by atoms with Gasteiger partial charge in [0, 0.05) is 0 Å². The van der Waals surface area contributed by atoms with Crippen LogP contribution in [0.4, 0.5) is 9.59 Å². The first kappa shape index (κ1) is 19.9. The highest BCUT2D eigenvalue weighted by Crippen LogP contribution is 2.33. The molecule has 1 N–H and O–H groups in total. The van der Waals surface area contributed by atoms with Gasteiger partial charge in [0.2, 0.25) is 0 Å². The van der Waals surface area contributed by atoms with Gasteiger partial charge >= 0.3 is 12.2 Å². The first-order valence-electron chi connectivity index (χ1n) is 8.68. The van der Waals surface area contributed by atoms with Crippen LogP contribution in [-0.2, 0) is 9.47 Å². The summed E-state index contributed by atoms with van der Waals surface area (Å²) in [5, 5.41) is 1.20. The number of ether oxygens (including phenoxy) is 2. The molecule has 0 radical (unpaired) electrons. The van der Waals surface area contributed by atoms with E-state index in [0.29, 0.717) is 12.2 Å². The van der Waals surface area contributed by atoms with Crippen molar-refractivity contribution in [1.82, 2.24) is 10.4 Å². The van der Waals surface area contributed by atoms with Crippen molar-refractivity contribution in [2.45, 2.75) is 71.1 Å². The van der Waals surface area contributed by atoms with Gasteiger partial charge in [0.05, 0.1) is 18.2 Å². The molecule has 144 valence electrons. The third kappa shape index (κ3) is 5.54. The number of rotatable bonds is 2. The first-order valence-corrected chi connectivity index (χ1v) is 8.68. The Morgan fingerprint density at radius 3 is 2.35 bits per heavy atom. The molecule has 0 spiro atoms. The molecular formula is C19H28N2O5. The molecule has 0 aromatic carbocycles. The van der Waals surface area contributed by atoms with Crippen LogP contribution >= 0.6 is 0 Å². The van der Waals surface area contributed by atoms with Gasteiger partial charge < -0.3 is 13.9 Å². The molecule has 26 heavy (non-hydrogen) atoms. The molecular weight excluding hydrogens is 336 g/mol. The number of hydrogen-bond acceptors (Lipinski definition) is 5. The Bertz CT molecular complexity index is 652. The Morgan fingerprint density at radius 1 is 1.15 bits per heavy atom. The minimum atomic E-state index is -0.714. The molecule has 0 aliphatic heterocycles. The van der Waals surface area contributed by atoms with Gasteiger partial charge in [-0.2, -0.15) is 0 Å². The molecule has 2 atom stereocenters. The lowest BCUT2D eigenvalue weighted by atomic mass is 10.0. The minimum absolute atomic E-state index is 0.188. The van der Waals surface area contributed by atoms with Gasteiger partial charge in [-0.25, -0.2) is 20.0 Å². The van der Waals surface area contributed by atoms with Crippen LogP contribution in [0.15, 0.2) is 35.0 Å². The molecule has 1 aliphatic carbocycles. The minimum Gasteiger partial charge on any atom is -0.469 e. The van der Waals surface area contributed by atoms with Crippen molar-refractivity contribution in [3.63, 3.8) is 0 Å². The highest BCUT2D eigenvalue weighted by molar-refractivity contribution is 5.75. The van der Waals surface area contributed by atoms with Crippen molar-refractivity contribution in [3.8, 4) is 0 Å². The fourth-order valence-corrected chi connectivity index (χ4v) is 2.65. The second-order valence-electron chi connectivity index (χ2n) is 8.24. The van der Waals surface area contributed by atoms with Crippen molar-refractivity contribution < 1.29 is 23.5 Å². The molecule has 0 saturated heterocycles. The molecule has 2 amide bonds. The molecule has 0 unspecified atom stereocenters. The van der Waals surface area contributed by atoms with Crippen LogP contribution in [0.3, 0.4) is 0 Å². The van der Waals surface area contributed by atoms with Gasteiger partial charge in [0.25, 0.3) is 0 Å². The maximum absolute atomic E-state index is 12.7. The maximum atomic E-state index is 12.7. The van der Waals surface area contributed by atoms with Crippen molar-refractivity contribution >= 4 is 12.2 Å². The molecule has 0 fully saturated rings. The van der Waals surface area contributed by atoms with Gasteiger partial charge in [0.15, 0.2) is 0 Å². The molecule has 1 aromatic heterocycles. The number of nitrogens with one attached hydrogen (secondary N) is 1. The summed E-state index contributed by atoms with van der Waals surface area (Å²) >= 11 is 0. The molecule has 1 aliphatic rings. The van der Waals surface area contributed by atoms with E-state index in [-0.39, 0.29) is 12.0 Å². The zero-order valence-corrected chi connectivity index (χ0v) is 16.2. The first-order chi connectivity index (χ1) is 12.0. The summed E-state index contributed by atoms with van der Waals surface area (Å²) in [7, 11) is 0. The van der Waals surface area contributed by atoms with Crippen molar-refractivity contribution in [3.05, 3.63) is 36.3 Å². The molecule has 1 aromatic rings.